The van der Waals surface area contributed by atoms with Gasteiger partial charge in [0.15, 0.2) is 0 Å². The van der Waals surface area contributed by atoms with Gasteiger partial charge < -0.3 is 9.64 Å². The largest absolute Gasteiger partial charge is 0.379 e. The molecule has 1 aliphatic rings. The highest BCUT2D eigenvalue weighted by atomic mass is 32.2. The number of morpholine rings is 1. The fourth-order valence-electron chi connectivity index (χ4n) is 3.28. The molecular formula is C22H28FN3O2S. The van der Waals surface area contributed by atoms with Gasteiger partial charge in [-0.15, -0.1) is 11.8 Å². The zero-order valence-electron chi connectivity index (χ0n) is 16.6. The smallest absolute Gasteiger partial charge is 0.223 e. The summed E-state index contributed by atoms with van der Waals surface area (Å²) in [5.74, 6) is 0.438. The number of pyridine rings is 1. The van der Waals surface area contributed by atoms with Crippen molar-refractivity contribution >= 4 is 17.7 Å². The Hall–Kier alpha value is -1.96. The van der Waals surface area contributed by atoms with E-state index in [1.54, 1.807) is 24.5 Å². The van der Waals surface area contributed by atoms with Crippen molar-refractivity contribution in [2.75, 3.05) is 45.1 Å². The van der Waals surface area contributed by atoms with Gasteiger partial charge in [0.2, 0.25) is 5.91 Å². The first kappa shape index (κ1) is 21.7. The maximum atomic E-state index is 13.8. The van der Waals surface area contributed by atoms with E-state index in [4.69, 9.17) is 4.74 Å². The minimum absolute atomic E-state index is 0.104. The number of nitrogens with zero attached hydrogens (tertiary/aromatic N) is 3. The predicted octanol–water partition coefficient (Wildman–Crippen LogP) is 3.45. The monoisotopic (exact) mass is 417 g/mol. The molecule has 3 rings (SSSR count). The molecule has 2 heterocycles. The van der Waals surface area contributed by atoms with Gasteiger partial charge >= 0.3 is 0 Å². The van der Waals surface area contributed by atoms with Gasteiger partial charge in [-0.25, -0.2) is 4.39 Å². The molecule has 1 saturated heterocycles. The number of carbonyl (C=O) groups excluding carboxylic acids is 1. The van der Waals surface area contributed by atoms with Gasteiger partial charge in [0, 0.05) is 62.2 Å². The van der Waals surface area contributed by atoms with E-state index in [1.165, 1.54) is 17.8 Å². The highest BCUT2D eigenvalue weighted by molar-refractivity contribution is 7.99. The summed E-state index contributed by atoms with van der Waals surface area (Å²) in [4.78, 5) is 21.8. The number of carbonyl (C=O) groups is 1. The van der Waals surface area contributed by atoms with Crippen LogP contribution in [-0.2, 0) is 16.1 Å². The second-order valence-corrected chi connectivity index (χ2v) is 8.14. The summed E-state index contributed by atoms with van der Waals surface area (Å²) >= 11 is 1.39. The van der Waals surface area contributed by atoms with Crippen LogP contribution in [0.3, 0.4) is 0 Å². The van der Waals surface area contributed by atoms with Crippen LogP contribution >= 0.6 is 11.8 Å². The zero-order chi connectivity index (χ0) is 20.3. The number of benzene rings is 1. The Kier molecular flexibility index (Phi) is 8.92. The number of thioether (sulfide) groups is 1. The van der Waals surface area contributed by atoms with Crippen LogP contribution in [0, 0.1) is 5.82 Å². The Bertz CT molecular complexity index is 757. The molecule has 1 aromatic heterocycles. The highest BCUT2D eigenvalue weighted by Crippen LogP contribution is 2.22. The summed E-state index contributed by atoms with van der Waals surface area (Å²) in [6.45, 7) is 5.74. The Labute approximate surface area is 176 Å². The van der Waals surface area contributed by atoms with E-state index in [-0.39, 0.29) is 11.7 Å². The molecule has 0 saturated carbocycles. The van der Waals surface area contributed by atoms with Crippen LogP contribution in [0.25, 0.3) is 0 Å². The molecule has 0 atom stereocenters. The normalized spacial score (nSPS) is 14.7. The van der Waals surface area contributed by atoms with E-state index in [1.807, 2.05) is 23.1 Å². The summed E-state index contributed by atoms with van der Waals surface area (Å²) in [6.07, 6.45) is 4.82. The predicted molar refractivity (Wildman–Crippen MR) is 113 cm³/mol. The fraction of sp³-hybridized carbons (Fsp3) is 0.455. The van der Waals surface area contributed by atoms with Crippen molar-refractivity contribution in [1.82, 2.24) is 14.8 Å². The van der Waals surface area contributed by atoms with Crippen molar-refractivity contribution in [2.45, 2.75) is 24.3 Å². The third-order valence-electron chi connectivity index (χ3n) is 4.89. The molecule has 0 radical (unpaired) electrons. The molecule has 7 heteroatoms. The average molecular weight is 418 g/mol. The first-order valence-corrected chi connectivity index (χ1v) is 11.0. The Morgan fingerprint density at radius 2 is 1.93 bits per heavy atom. The summed E-state index contributed by atoms with van der Waals surface area (Å²) in [5.41, 5.74) is 1.07. The Morgan fingerprint density at radius 1 is 1.17 bits per heavy atom. The lowest BCUT2D eigenvalue weighted by Crippen LogP contribution is -2.39. The van der Waals surface area contributed by atoms with Gasteiger partial charge in [0.05, 0.1) is 13.2 Å². The molecule has 1 aliphatic heterocycles. The lowest BCUT2D eigenvalue weighted by atomic mass is 10.2. The molecule has 1 aromatic carbocycles. The second kappa shape index (κ2) is 11.9. The van der Waals surface area contributed by atoms with E-state index in [9.17, 15) is 9.18 Å². The van der Waals surface area contributed by atoms with Crippen LogP contribution in [0.5, 0.6) is 0 Å². The summed E-state index contributed by atoms with van der Waals surface area (Å²) in [5, 5.41) is 0. The lowest BCUT2D eigenvalue weighted by Gasteiger charge is -2.28. The molecule has 29 heavy (non-hydrogen) atoms. The van der Waals surface area contributed by atoms with Crippen molar-refractivity contribution < 1.29 is 13.9 Å². The molecule has 0 aliphatic carbocycles. The Balaban J connectivity index is 1.51. The minimum atomic E-state index is -0.232. The number of hydrogen-bond acceptors (Lipinski definition) is 5. The standard InChI is InChI=1S/C22H28FN3O2S/c23-20-4-1-2-5-21(20)29-17-8-22(27)26(18-19-6-9-24-10-7-19)12-3-11-25-13-15-28-16-14-25/h1-2,4-7,9-10H,3,8,11-18H2. The number of halogens is 1. The fourth-order valence-corrected chi connectivity index (χ4v) is 4.16. The van der Waals surface area contributed by atoms with E-state index in [2.05, 4.69) is 9.88 Å². The summed E-state index contributed by atoms with van der Waals surface area (Å²) in [6, 6.07) is 10.6. The topological polar surface area (TPSA) is 45.7 Å². The van der Waals surface area contributed by atoms with Gasteiger partial charge in [-0.05, 0) is 36.2 Å². The number of rotatable bonds is 10. The summed E-state index contributed by atoms with van der Waals surface area (Å²) in [7, 11) is 0. The molecule has 156 valence electrons. The molecule has 1 fully saturated rings. The van der Waals surface area contributed by atoms with Crippen molar-refractivity contribution in [1.29, 1.82) is 0 Å². The van der Waals surface area contributed by atoms with E-state index in [0.29, 0.717) is 30.2 Å². The van der Waals surface area contributed by atoms with Crippen LogP contribution in [-0.4, -0.2) is 65.8 Å². The van der Waals surface area contributed by atoms with Gasteiger partial charge in [-0.3, -0.25) is 14.7 Å². The molecule has 5 nitrogen and oxygen atoms in total. The first-order chi connectivity index (χ1) is 14.2. The molecule has 2 aromatic rings. The van der Waals surface area contributed by atoms with Gasteiger partial charge in [0.1, 0.15) is 5.82 Å². The zero-order valence-corrected chi connectivity index (χ0v) is 17.5. The molecular weight excluding hydrogens is 389 g/mol. The third-order valence-corrected chi connectivity index (χ3v) is 5.94. The van der Waals surface area contributed by atoms with E-state index >= 15 is 0 Å². The van der Waals surface area contributed by atoms with Crippen LogP contribution in [0.4, 0.5) is 4.39 Å². The maximum absolute atomic E-state index is 13.8. The molecule has 0 unspecified atom stereocenters. The Morgan fingerprint density at radius 3 is 2.69 bits per heavy atom. The molecule has 0 N–H and O–H groups in total. The van der Waals surface area contributed by atoms with Gasteiger partial charge in [-0.2, -0.15) is 0 Å². The second-order valence-electron chi connectivity index (χ2n) is 7.01. The number of ether oxygens (including phenoxy) is 1. The number of hydrogen-bond donors (Lipinski definition) is 0. The van der Waals surface area contributed by atoms with Crippen LogP contribution < -0.4 is 0 Å². The average Bonchev–Trinajstić information content (AvgIpc) is 2.76. The van der Waals surface area contributed by atoms with Gasteiger partial charge in [-0.1, -0.05) is 12.1 Å². The van der Waals surface area contributed by atoms with Crippen molar-refractivity contribution in [2.24, 2.45) is 0 Å². The molecule has 0 bridgehead atoms. The van der Waals surface area contributed by atoms with Crippen molar-refractivity contribution in [3.63, 3.8) is 0 Å². The van der Waals surface area contributed by atoms with Crippen molar-refractivity contribution in [3.05, 3.63) is 60.2 Å². The quantitative estimate of drug-likeness (QED) is 0.554. The van der Waals surface area contributed by atoms with E-state index < -0.39 is 0 Å². The summed E-state index contributed by atoms with van der Waals surface area (Å²) < 4.78 is 19.2. The minimum Gasteiger partial charge on any atom is -0.379 e. The van der Waals surface area contributed by atoms with Crippen molar-refractivity contribution in [3.8, 4) is 0 Å². The number of aromatic nitrogens is 1. The van der Waals surface area contributed by atoms with Crippen LogP contribution in [0.2, 0.25) is 0 Å². The first-order valence-electron chi connectivity index (χ1n) is 10.1. The highest BCUT2D eigenvalue weighted by Gasteiger charge is 2.16. The SMILES string of the molecule is O=C(CCSc1ccccc1F)N(CCCN1CCOCC1)Cc1ccncc1. The van der Waals surface area contributed by atoms with Gasteiger partial charge in [0.25, 0.3) is 0 Å². The maximum Gasteiger partial charge on any atom is 0.223 e. The van der Waals surface area contributed by atoms with E-state index in [0.717, 1.165) is 44.8 Å². The lowest BCUT2D eigenvalue weighted by molar-refractivity contribution is -0.131. The third kappa shape index (κ3) is 7.42. The molecule has 1 amide bonds. The van der Waals surface area contributed by atoms with Crippen LogP contribution in [0.1, 0.15) is 18.4 Å². The van der Waals surface area contributed by atoms with Crippen LogP contribution in [0.15, 0.2) is 53.7 Å². The molecule has 0 spiro atoms. The number of amides is 1.